The van der Waals surface area contributed by atoms with Crippen LogP contribution in [0.15, 0.2) is 11.6 Å². The zero-order chi connectivity index (χ0) is 21.0. The summed E-state index contributed by atoms with van der Waals surface area (Å²) in [7, 11) is 0. The van der Waals surface area contributed by atoms with E-state index < -0.39 is 24.0 Å². The van der Waals surface area contributed by atoms with Gasteiger partial charge in [0.25, 0.3) is 5.91 Å². The molecule has 1 aromatic rings. The Kier molecular flexibility index (Phi) is 6.62. The molecule has 2 rings (SSSR count). The van der Waals surface area contributed by atoms with E-state index >= 15 is 0 Å². The first kappa shape index (κ1) is 21.2. The summed E-state index contributed by atoms with van der Waals surface area (Å²) in [5.74, 6) is -1.05. The van der Waals surface area contributed by atoms with Gasteiger partial charge in [-0.2, -0.15) is 5.26 Å². The fourth-order valence-electron chi connectivity index (χ4n) is 3.09. The molecule has 0 bridgehead atoms. The Bertz CT molecular complexity index is 860. The first-order chi connectivity index (χ1) is 13.1. The number of hydrogen-bond acceptors (Lipinski definition) is 5. The second-order valence-electron chi connectivity index (χ2n) is 7.27. The monoisotopic (exact) mass is 386 g/mol. The average Bonchev–Trinajstić information content (AvgIpc) is 3.16. The SMILES string of the molecule is Cc1cc(/C=C(\C#N)C(=O)O[C@@H](C)C(=O)N2CCNC2=O)c(C)n1CC(C)C. The van der Waals surface area contributed by atoms with Gasteiger partial charge in [-0.1, -0.05) is 13.8 Å². The predicted molar refractivity (Wildman–Crippen MR) is 103 cm³/mol. The molecular formula is C20H26N4O4. The van der Waals surface area contributed by atoms with Crippen LogP contribution in [0.4, 0.5) is 4.79 Å². The third kappa shape index (κ3) is 4.60. The lowest BCUT2D eigenvalue weighted by Gasteiger charge is -2.17. The lowest BCUT2D eigenvalue weighted by molar-refractivity contribution is -0.153. The molecule has 0 saturated carbocycles. The Labute approximate surface area is 164 Å². The van der Waals surface area contributed by atoms with Crippen molar-refractivity contribution < 1.29 is 19.1 Å². The smallest absolute Gasteiger partial charge is 0.349 e. The van der Waals surface area contributed by atoms with Gasteiger partial charge in [-0.25, -0.2) is 9.59 Å². The van der Waals surface area contributed by atoms with Gasteiger partial charge in [0.15, 0.2) is 6.10 Å². The fourth-order valence-corrected chi connectivity index (χ4v) is 3.09. The highest BCUT2D eigenvalue weighted by molar-refractivity contribution is 6.02. The topological polar surface area (TPSA) is 104 Å². The van der Waals surface area contributed by atoms with E-state index in [0.717, 1.165) is 28.4 Å². The van der Waals surface area contributed by atoms with E-state index in [1.165, 1.54) is 13.0 Å². The summed E-state index contributed by atoms with van der Waals surface area (Å²) in [5.41, 5.74) is 2.54. The molecule has 8 heteroatoms. The van der Waals surface area contributed by atoms with Gasteiger partial charge in [-0.3, -0.25) is 9.69 Å². The minimum absolute atomic E-state index is 0.199. The molecule has 1 atom stereocenters. The van der Waals surface area contributed by atoms with Gasteiger partial charge in [0, 0.05) is 31.0 Å². The maximum Gasteiger partial charge on any atom is 0.349 e. The molecular weight excluding hydrogens is 360 g/mol. The molecule has 8 nitrogen and oxygen atoms in total. The highest BCUT2D eigenvalue weighted by Gasteiger charge is 2.32. The second kappa shape index (κ2) is 8.74. The van der Waals surface area contributed by atoms with Crippen molar-refractivity contribution >= 4 is 24.0 Å². The molecule has 1 N–H and O–H groups in total. The van der Waals surface area contributed by atoms with Crippen LogP contribution in [0.1, 0.15) is 37.7 Å². The molecule has 2 heterocycles. The molecule has 0 spiro atoms. The van der Waals surface area contributed by atoms with Crippen LogP contribution in [0.5, 0.6) is 0 Å². The molecule has 0 unspecified atom stereocenters. The summed E-state index contributed by atoms with van der Waals surface area (Å²) < 4.78 is 7.27. The van der Waals surface area contributed by atoms with Crippen LogP contribution in [0.2, 0.25) is 0 Å². The van der Waals surface area contributed by atoms with E-state index in [1.807, 2.05) is 26.0 Å². The Balaban J connectivity index is 2.16. The van der Waals surface area contributed by atoms with Crippen LogP contribution in [0.25, 0.3) is 6.08 Å². The third-order valence-electron chi connectivity index (χ3n) is 4.56. The lowest BCUT2D eigenvalue weighted by Crippen LogP contribution is -2.41. The van der Waals surface area contributed by atoms with Gasteiger partial charge in [0.05, 0.1) is 0 Å². The lowest BCUT2D eigenvalue weighted by atomic mass is 10.1. The number of nitrogens with zero attached hydrogens (tertiary/aromatic N) is 3. The molecule has 0 radical (unpaired) electrons. The van der Waals surface area contributed by atoms with Crippen LogP contribution in [0, 0.1) is 31.1 Å². The number of imide groups is 1. The number of rotatable bonds is 6. The summed E-state index contributed by atoms with van der Waals surface area (Å²) in [6.07, 6.45) is 0.308. The van der Waals surface area contributed by atoms with Crippen LogP contribution >= 0.6 is 0 Å². The van der Waals surface area contributed by atoms with E-state index in [0.29, 0.717) is 12.5 Å². The molecule has 28 heavy (non-hydrogen) atoms. The largest absolute Gasteiger partial charge is 0.448 e. The molecule has 0 aliphatic carbocycles. The Morgan fingerprint density at radius 2 is 2.04 bits per heavy atom. The first-order valence-corrected chi connectivity index (χ1v) is 9.24. The van der Waals surface area contributed by atoms with Crippen LogP contribution in [0.3, 0.4) is 0 Å². The summed E-state index contributed by atoms with van der Waals surface area (Å²) >= 11 is 0. The first-order valence-electron chi connectivity index (χ1n) is 9.24. The van der Waals surface area contributed by atoms with Crippen molar-refractivity contribution in [1.29, 1.82) is 5.26 Å². The average molecular weight is 386 g/mol. The van der Waals surface area contributed by atoms with E-state index in [-0.39, 0.29) is 12.1 Å². The van der Waals surface area contributed by atoms with Crippen molar-refractivity contribution in [2.75, 3.05) is 13.1 Å². The van der Waals surface area contributed by atoms with Crippen LogP contribution in [-0.2, 0) is 20.9 Å². The number of aryl methyl sites for hydroxylation is 1. The van der Waals surface area contributed by atoms with Crippen molar-refractivity contribution in [2.45, 2.75) is 47.3 Å². The summed E-state index contributed by atoms with van der Waals surface area (Å²) in [4.78, 5) is 37.2. The van der Waals surface area contributed by atoms with Gasteiger partial charge >= 0.3 is 12.0 Å². The quantitative estimate of drug-likeness (QED) is 0.458. The number of esters is 1. The van der Waals surface area contributed by atoms with Crippen molar-refractivity contribution in [3.63, 3.8) is 0 Å². The van der Waals surface area contributed by atoms with E-state index in [9.17, 15) is 19.6 Å². The summed E-state index contributed by atoms with van der Waals surface area (Å²) in [6, 6.07) is 3.24. The van der Waals surface area contributed by atoms with E-state index in [4.69, 9.17) is 4.74 Å². The van der Waals surface area contributed by atoms with Gasteiger partial charge in [-0.05, 0) is 44.4 Å². The molecule has 1 aliphatic rings. The Hall–Kier alpha value is -3.08. The summed E-state index contributed by atoms with van der Waals surface area (Å²) in [6.45, 7) is 10.9. The zero-order valence-corrected chi connectivity index (χ0v) is 16.9. The van der Waals surface area contributed by atoms with Gasteiger partial charge in [0.1, 0.15) is 11.6 Å². The van der Waals surface area contributed by atoms with Crippen LogP contribution in [-0.4, -0.2) is 46.6 Å². The Morgan fingerprint density at radius 3 is 2.57 bits per heavy atom. The molecule has 1 aromatic heterocycles. The number of nitrogens with one attached hydrogen (secondary N) is 1. The molecule has 1 saturated heterocycles. The third-order valence-corrected chi connectivity index (χ3v) is 4.56. The zero-order valence-electron chi connectivity index (χ0n) is 16.9. The highest BCUT2D eigenvalue weighted by Crippen LogP contribution is 2.20. The highest BCUT2D eigenvalue weighted by atomic mass is 16.5. The summed E-state index contributed by atoms with van der Waals surface area (Å²) in [5, 5.41) is 11.9. The number of nitriles is 1. The minimum atomic E-state index is -1.17. The van der Waals surface area contributed by atoms with Crippen molar-refractivity contribution in [1.82, 2.24) is 14.8 Å². The van der Waals surface area contributed by atoms with Gasteiger partial charge < -0.3 is 14.6 Å². The number of hydrogen-bond donors (Lipinski definition) is 1. The normalized spacial score (nSPS) is 15.4. The standard InChI is InChI=1S/C20H26N4O4/c1-12(2)11-24-13(3)8-16(14(24)4)9-17(10-21)19(26)28-15(5)18(25)23-7-6-22-20(23)27/h8-9,12,15H,6-7,11H2,1-5H3,(H,22,27)/b17-9+/t15-/m0/s1. The number of amides is 3. The number of urea groups is 1. The molecule has 3 amide bonds. The second-order valence-corrected chi connectivity index (χ2v) is 7.27. The predicted octanol–water partition coefficient (Wildman–Crippen LogP) is 2.15. The minimum Gasteiger partial charge on any atom is -0.448 e. The van der Waals surface area contributed by atoms with Crippen molar-refractivity contribution in [3.05, 3.63) is 28.6 Å². The number of carbonyl (C=O) groups excluding carboxylic acids is 3. The Morgan fingerprint density at radius 1 is 1.36 bits per heavy atom. The van der Waals surface area contributed by atoms with Crippen molar-refractivity contribution in [3.8, 4) is 6.07 Å². The number of aromatic nitrogens is 1. The fraction of sp³-hybridized carbons (Fsp3) is 0.500. The molecule has 150 valence electrons. The number of ether oxygens (including phenoxy) is 1. The number of carbonyl (C=O) groups is 3. The maximum atomic E-state index is 12.4. The molecule has 1 fully saturated rings. The van der Waals surface area contributed by atoms with Crippen molar-refractivity contribution in [2.24, 2.45) is 5.92 Å². The van der Waals surface area contributed by atoms with E-state index in [1.54, 1.807) is 0 Å². The van der Waals surface area contributed by atoms with Gasteiger partial charge in [-0.15, -0.1) is 0 Å². The van der Waals surface area contributed by atoms with Crippen LogP contribution < -0.4 is 5.32 Å². The van der Waals surface area contributed by atoms with Gasteiger partial charge in [0.2, 0.25) is 0 Å². The molecule has 0 aromatic carbocycles. The maximum absolute atomic E-state index is 12.4. The van der Waals surface area contributed by atoms with E-state index in [2.05, 4.69) is 23.7 Å². The molecule has 1 aliphatic heterocycles.